The van der Waals surface area contributed by atoms with Gasteiger partial charge in [-0.2, -0.15) is 4.39 Å². The molecule has 0 amide bonds. The van der Waals surface area contributed by atoms with Gasteiger partial charge in [0.1, 0.15) is 11.5 Å². The van der Waals surface area contributed by atoms with Gasteiger partial charge in [0, 0.05) is 17.6 Å². The molecule has 0 radical (unpaired) electrons. The van der Waals surface area contributed by atoms with Gasteiger partial charge in [-0.1, -0.05) is 0 Å². The fourth-order valence-electron chi connectivity index (χ4n) is 2.06. The summed E-state index contributed by atoms with van der Waals surface area (Å²) >= 11 is 0. The number of rotatable bonds is 3. The van der Waals surface area contributed by atoms with Gasteiger partial charge in [-0.25, -0.2) is 4.39 Å². The molecule has 0 unspecified atom stereocenters. The van der Waals surface area contributed by atoms with Crippen LogP contribution in [0.1, 0.15) is 0 Å². The number of fused-ring (bicyclic) bond motifs is 1. The van der Waals surface area contributed by atoms with E-state index in [1.165, 1.54) is 18.3 Å². The van der Waals surface area contributed by atoms with Gasteiger partial charge in [-0.05, 0) is 30.3 Å². The lowest BCUT2D eigenvalue weighted by Gasteiger charge is -2.11. The van der Waals surface area contributed by atoms with Crippen molar-refractivity contribution in [3.8, 4) is 17.2 Å². The van der Waals surface area contributed by atoms with Crippen molar-refractivity contribution >= 4 is 16.6 Å². The highest BCUT2D eigenvalue weighted by atomic mass is 19.2. The van der Waals surface area contributed by atoms with Crippen LogP contribution in [0.15, 0.2) is 42.6 Å². The van der Waals surface area contributed by atoms with Crippen molar-refractivity contribution in [2.24, 2.45) is 0 Å². The van der Waals surface area contributed by atoms with Gasteiger partial charge in [0.05, 0.1) is 18.3 Å². The Hall–Kier alpha value is -2.89. The van der Waals surface area contributed by atoms with Crippen LogP contribution in [0.2, 0.25) is 0 Å². The molecule has 3 rings (SSSR count). The van der Waals surface area contributed by atoms with Crippen molar-refractivity contribution in [3.05, 3.63) is 54.2 Å². The van der Waals surface area contributed by atoms with Crippen molar-refractivity contribution in [1.29, 1.82) is 0 Å². The van der Waals surface area contributed by atoms with E-state index in [4.69, 9.17) is 15.2 Å². The molecule has 0 bridgehead atoms. The molecule has 22 heavy (non-hydrogen) atoms. The monoisotopic (exact) mass is 302 g/mol. The van der Waals surface area contributed by atoms with E-state index in [0.717, 1.165) is 0 Å². The van der Waals surface area contributed by atoms with Crippen LogP contribution in [0, 0.1) is 11.6 Å². The molecule has 112 valence electrons. The highest BCUT2D eigenvalue weighted by molar-refractivity contribution is 5.86. The largest absolute Gasteiger partial charge is 0.497 e. The normalized spacial score (nSPS) is 10.7. The molecule has 1 heterocycles. The molecule has 0 aliphatic heterocycles. The molecule has 3 aromatic rings. The minimum Gasteiger partial charge on any atom is -0.497 e. The van der Waals surface area contributed by atoms with Crippen LogP contribution in [0.4, 0.5) is 14.5 Å². The molecule has 0 fully saturated rings. The number of hydrogen-bond donors (Lipinski definition) is 1. The second-order valence-corrected chi connectivity index (χ2v) is 4.58. The summed E-state index contributed by atoms with van der Waals surface area (Å²) in [5.74, 6) is -1.50. The van der Waals surface area contributed by atoms with E-state index in [9.17, 15) is 8.78 Å². The Morgan fingerprint density at radius 1 is 1.00 bits per heavy atom. The summed E-state index contributed by atoms with van der Waals surface area (Å²) in [4.78, 5) is 4.20. The van der Waals surface area contributed by atoms with Crippen LogP contribution >= 0.6 is 0 Å². The van der Waals surface area contributed by atoms with Gasteiger partial charge < -0.3 is 15.2 Å². The average molecular weight is 302 g/mol. The molecule has 2 aromatic carbocycles. The number of ether oxygens (including phenoxy) is 2. The second-order valence-electron chi connectivity index (χ2n) is 4.58. The zero-order chi connectivity index (χ0) is 15.7. The molecule has 0 aliphatic carbocycles. The smallest absolute Gasteiger partial charge is 0.203 e. The number of nitrogen functional groups attached to an aromatic ring is 1. The number of anilines is 1. The Morgan fingerprint density at radius 2 is 1.82 bits per heavy atom. The number of benzene rings is 2. The maximum atomic E-state index is 13.9. The first-order chi connectivity index (χ1) is 10.6. The lowest BCUT2D eigenvalue weighted by Crippen LogP contribution is -1.98. The van der Waals surface area contributed by atoms with Crippen molar-refractivity contribution in [3.63, 3.8) is 0 Å². The van der Waals surface area contributed by atoms with Crippen molar-refractivity contribution < 1.29 is 18.3 Å². The molecular formula is C16H12F2N2O2. The van der Waals surface area contributed by atoms with Gasteiger partial charge in [0.2, 0.25) is 5.82 Å². The number of aromatic nitrogens is 1. The Balaban J connectivity index is 2.06. The topological polar surface area (TPSA) is 57.4 Å². The standard InChI is InChI=1S/C16H12F2N2O2/c1-21-9-2-3-10-12(8-9)20-7-6-13(10)22-14-5-4-11(19)15(17)16(14)18/h2-8H,19H2,1H3. The lowest BCUT2D eigenvalue weighted by molar-refractivity contribution is 0.414. The minimum atomic E-state index is -1.13. The third kappa shape index (κ3) is 2.39. The van der Waals surface area contributed by atoms with E-state index in [-0.39, 0.29) is 11.4 Å². The number of hydrogen-bond acceptors (Lipinski definition) is 4. The van der Waals surface area contributed by atoms with Crippen molar-refractivity contribution in [1.82, 2.24) is 4.98 Å². The highest BCUT2D eigenvalue weighted by Gasteiger charge is 2.14. The molecular weight excluding hydrogens is 290 g/mol. The van der Waals surface area contributed by atoms with Crippen LogP contribution in [0.25, 0.3) is 10.9 Å². The molecule has 6 heteroatoms. The Kier molecular flexibility index (Phi) is 3.50. The summed E-state index contributed by atoms with van der Waals surface area (Å²) in [7, 11) is 1.55. The van der Waals surface area contributed by atoms with Crippen LogP contribution in [-0.4, -0.2) is 12.1 Å². The summed E-state index contributed by atoms with van der Waals surface area (Å²) in [5, 5.41) is 0.653. The number of halogens is 2. The van der Waals surface area contributed by atoms with Gasteiger partial charge in [0.25, 0.3) is 0 Å². The Bertz CT molecular complexity index is 853. The maximum Gasteiger partial charge on any atom is 0.203 e. The summed E-state index contributed by atoms with van der Waals surface area (Å²) < 4.78 is 38.0. The van der Waals surface area contributed by atoms with Crippen LogP contribution in [0.3, 0.4) is 0 Å². The van der Waals surface area contributed by atoms with E-state index < -0.39 is 11.6 Å². The molecule has 0 saturated heterocycles. The van der Waals surface area contributed by atoms with Gasteiger partial charge in [-0.3, -0.25) is 4.98 Å². The second kappa shape index (κ2) is 5.48. The van der Waals surface area contributed by atoms with E-state index in [1.54, 1.807) is 31.4 Å². The Labute approximate surface area is 125 Å². The lowest BCUT2D eigenvalue weighted by atomic mass is 10.2. The predicted molar refractivity (Wildman–Crippen MR) is 79.1 cm³/mol. The third-order valence-electron chi connectivity index (χ3n) is 3.21. The molecule has 0 aliphatic rings. The van der Waals surface area contributed by atoms with Gasteiger partial charge >= 0.3 is 0 Å². The van der Waals surface area contributed by atoms with E-state index in [0.29, 0.717) is 22.4 Å². The SMILES string of the molecule is COc1ccc2c(Oc3ccc(N)c(F)c3F)ccnc2c1. The first-order valence-electron chi connectivity index (χ1n) is 6.44. The van der Waals surface area contributed by atoms with Gasteiger partial charge in [-0.15, -0.1) is 0 Å². The van der Waals surface area contributed by atoms with Crippen molar-refractivity contribution in [2.45, 2.75) is 0 Å². The zero-order valence-corrected chi connectivity index (χ0v) is 11.6. The summed E-state index contributed by atoms with van der Waals surface area (Å²) in [6.07, 6.45) is 1.52. The van der Waals surface area contributed by atoms with Gasteiger partial charge in [0.15, 0.2) is 11.6 Å². The first kappa shape index (κ1) is 14.1. The van der Waals surface area contributed by atoms with E-state index >= 15 is 0 Å². The number of nitrogens with two attached hydrogens (primary N) is 1. The highest BCUT2D eigenvalue weighted by Crippen LogP contribution is 2.33. The average Bonchev–Trinajstić information content (AvgIpc) is 2.55. The number of methoxy groups -OCH3 is 1. The molecule has 4 nitrogen and oxygen atoms in total. The molecule has 2 N–H and O–H groups in total. The zero-order valence-electron chi connectivity index (χ0n) is 11.6. The first-order valence-corrected chi connectivity index (χ1v) is 6.44. The number of pyridine rings is 1. The van der Waals surface area contributed by atoms with E-state index in [1.807, 2.05) is 0 Å². The number of nitrogens with zero attached hydrogens (tertiary/aromatic N) is 1. The van der Waals surface area contributed by atoms with Crippen LogP contribution < -0.4 is 15.2 Å². The molecule has 1 aromatic heterocycles. The quantitative estimate of drug-likeness (QED) is 0.746. The molecule has 0 atom stereocenters. The fraction of sp³-hybridized carbons (Fsp3) is 0.0625. The van der Waals surface area contributed by atoms with Crippen LogP contribution in [0.5, 0.6) is 17.2 Å². The molecule has 0 spiro atoms. The van der Waals surface area contributed by atoms with Crippen molar-refractivity contribution in [2.75, 3.05) is 12.8 Å². The predicted octanol–water partition coefficient (Wildman–Crippen LogP) is 3.90. The Morgan fingerprint density at radius 3 is 2.59 bits per heavy atom. The fourth-order valence-corrected chi connectivity index (χ4v) is 2.06. The molecule has 0 saturated carbocycles. The summed E-state index contributed by atoms with van der Waals surface area (Å²) in [6.45, 7) is 0. The minimum absolute atomic E-state index is 0.241. The maximum absolute atomic E-state index is 13.9. The third-order valence-corrected chi connectivity index (χ3v) is 3.21. The summed E-state index contributed by atoms with van der Waals surface area (Å²) in [5.41, 5.74) is 5.66. The van der Waals surface area contributed by atoms with Crippen LogP contribution in [-0.2, 0) is 0 Å². The summed E-state index contributed by atoms with van der Waals surface area (Å²) in [6, 6.07) is 9.30. The van der Waals surface area contributed by atoms with E-state index in [2.05, 4.69) is 4.98 Å².